The van der Waals surface area contributed by atoms with Crippen molar-refractivity contribution in [1.29, 1.82) is 0 Å². The number of hydrogen-bond acceptors (Lipinski definition) is 4. The Morgan fingerprint density at radius 1 is 1.29 bits per heavy atom. The maximum Gasteiger partial charge on any atom is 0.263 e. The molecule has 24 heavy (non-hydrogen) atoms. The van der Waals surface area contributed by atoms with Gasteiger partial charge in [-0.15, -0.1) is 0 Å². The van der Waals surface area contributed by atoms with E-state index < -0.39 is 0 Å². The fourth-order valence-electron chi connectivity index (χ4n) is 2.49. The van der Waals surface area contributed by atoms with Crippen molar-refractivity contribution in [2.75, 3.05) is 11.9 Å². The summed E-state index contributed by atoms with van der Waals surface area (Å²) >= 11 is 1.31. The predicted octanol–water partition coefficient (Wildman–Crippen LogP) is 2.64. The standard InChI is InChI=1S/C17H18N4O2S/c1-3-12-6-4-5-7-13(12)20-14(22)10-19-16(23)15-11(2)21-9-8-18-17(21)24-15/h4-9H,3,10H2,1-2H3,(H,19,23)(H,20,22). The van der Waals surface area contributed by atoms with Crippen LogP contribution in [0.25, 0.3) is 4.96 Å². The van der Waals surface area contributed by atoms with Crippen LogP contribution in [-0.4, -0.2) is 27.7 Å². The van der Waals surface area contributed by atoms with Gasteiger partial charge in [0.15, 0.2) is 4.96 Å². The number of thiazole rings is 1. The Balaban J connectivity index is 1.62. The molecule has 0 bridgehead atoms. The van der Waals surface area contributed by atoms with Gasteiger partial charge in [0.1, 0.15) is 4.88 Å². The molecule has 2 amide bonds. The quantitative estimate of drug-likeness (QED) is 0.748. The molecule has 3 aromatic rings. The number of hydrogen-bond donors (Lipinski definition) is 2. The maximum atomic E-state index is 12.3. The van der Waals surface area contributed by atoms with Crippen LogP contribution in [0.3, 0.4) is 0 Å². The lowest BCUT2D eigenvalue weighted by atomic mass is 10.1. The van der Waals surface area contributed by atoms with Gasteiger partial charge in [-0.2, -0.15) is 0 Å². The van der Waals surface area contributed by atoms with Crippen LogP contribution in [-0.2, 0) is 11.2 Å². The third-order valence-electron chi connectivity index (χ3n) is 3.78. The molecule has 2 aromatic heterocycles. The molecule has 1 aromatic carbocycles. The van der Waals surface area contributed by atoms with Gasteiger partial charge in [0, 0.05) is 23.8 Å². The first kappa shape index (κ1) is 16.2. The minimum Gasteiger partial charge on any atom is -0.342 e. The first-order chi connectivity index (χ1) is 11.6. The van der Waals surface area contributed by atoms with Crippen molar-refractivity contribution >= 4 is 33.8 Å². The molecule has 0 spiro atoms. The lowest BCUT2D eigenvalue weighted by molar-refractivity contribution is -0.115. The average Bonchev–Trinajstić information content (AvgIpc) is 3.16. The van der Waals surface area contributed by atoms with Crippen molar-refractivity contribution in [3.63, 3.8) is 0 Å². The molecule has 0 aliphatic heterocycles. The van der Waals surface area contributed by atoms with Gasteiger partial charge in [0.2, 0.25) is 5.91 Å². The SMILES string of the molecule is CCc1ccccc1NC(=O)CNC(=O)c1sc2nccn2c1C. The van der Waals surface area contributed by atoms with Crippen molar-refractivity contribution in [2.45, 2.75) is 20.3 Å². The number of amides is 2. The van der Waals surface area contributed by atoms with Crippen molar-refractivity contribution in [1.82, 2.24) is 14.7 Å². The van der Waals surface area contributed by atoms with E-state index in [2.05, 4.69) is 15.6 Å². The summed E-state index contributed by atoms with van der Waals surface area (Å²) in [6.07, 6.45) is 4.34. The van der Waals surface area contributed by atoms with Gasteiger partial charge in [0.05, 0.1) is 6.54 Å². The number of para-hydroxylation sites is 1. The predicted molar refractivity (Wildman–Crippen MR) is 94.6 cm³/mol. The summed E-state index contributed by atoms with van der Waals surface area (Å²) < 4.78 is 1.86. The summed E-state index contributed by atoms with van der Waals surface area (Å²) in [7, 11) is 0. The van der Waals surface area contributed by atoms with Gasteiger partial charge < -0.3 is 10.6 Å². The van der Waals surface area contributed by atoms with Crippen LogP contribution in [0.2, 0.25) is 0 Å². The minimum atomic E-state index is -0.262. The van der Waals surface area contributed by atoms with E-state index in [4.69, 9.17) is 0 Å². The number of nitrogens with zero attached hydrogens (tertiary/aromatic N) is 2. The molecule has 0 radical (unpaired) electrons. The molecule has 3 rings (SSSR count). The number of benzene rings is 1. The second-order valence-electron chi connectivity index (χ2n) is 5.34. The normalized spacial score (nSPS) is 10.8. The number of nitrogens with one attached hydrogen (secondary N) is 2. The van der Waals surface area contributed by atoms with Crippen LogP contribution in [0.5, 0.6) is 0 Å². The summed E-state index contributed by atoms with van der Waals surface area (Å²) in [4.78, 5) is 29.9. The van der Waals surface area contributed by atoms with E-state index in [0.717, 1.165) is 28.3 Å². The lowest BCUT2D eigenvalue weighted by Gasteiger charge is -2.10. The molecule has 0 atom stereocenters. The van der Waals surface area contributed by atoms with Crippen LogP contribution < -0.4 is 10.6 Å². The highest BCUT2D eigenvalue weighted by molar-refractivity contribution is 7.19. The van der Waals surface area contributed by atoms with Crippen LogP contribution in [0, 0.1) is 6.92 Å². The molecule has 0 saturated carbocycles. The fraction of sp³-hybridized carbons (Fsp3) is 0.235. The lowest BCUT2D eigenvalue weighted by Crippen LogP contribution is -2.33. The van der Waals surface area contributed by atoms with E-state index in [1.165, 1.54) is 11.3 Å². The number of imidazole rings is 1. The van der Waals surface area contributed by atoms with E-state index in [-0.39, 0.29) is 18.4 Å². The van der Waals surface area contributed by atoms with Crippen molar-refractivity contribution in [2.24, 2.45) is 0 Å². The highest BCUT2D eigenvalue weighted by Crippen LogP contribution is 2.21. The third kappa shape index (κ3) is 3.16. The monoisotopic (exact) mass is 342 g/mol. The number of carbonyl (C=O) groups is 2. The molecule has 0 aliphatic carbocycles. The van der Waals surface area contributed by atoms with Gasteiger partial charge in [-0.1, -0.05) is 36.5 Å². The summed E-state index contributed by atoms with van der Waals surface area (Å²) in [5.41, 5.74) is 2.67. The van der Waals surface area contributed by atoms with E-state index in [0.29, 0.717) is 4.88 Å². The fourth-order valence-corrected chi connectivity index (χ4v) is 3.49. The Labute approximate surface area is 143 Å². The summed E-state index contributed by atoms with van der Waals surface area (Å²) in [6.45, 7) is 3.82. The average molecular weight is 342 g/mol. The molecule has 0 saturated heterocycles. The highest BCUT2D eigenvalue weighted by atomic mass is 32.1. The van der Waals surface area contributed by atoms with Gasteiger partial charge >= 0.3 is 0 Å². The van der Waals surface area contributed by atoms with Crippen LogP contribution in [0.1, 0.15) is 27.9 Å². The molecular weight excluding hydrogens is 324 g/mol. The van der Waals surface area contributed by atoms with Crippen LogP contribution in [0.4, 0.5) is 5.69 Å². The molecule has 0 unspecified atom stereocenters. The third-order valence-corrected chi connectivity index (χ3v) is 4.95. The summed E-state index contributed by atoms with van der Waals surface area (Å²) in [5, 5.41) is 5.50. The largest absolute Gasteiger partial charge is 0.342 e. The Hall–Kier alpha value is -2.67. The first-order valence-corrected chi connectivity index (χ1v) is 8.50. The molecular formula is C17H18N4O2S. The van der Waals surface area contributed by atoms with Gasteiger partial charge in [0.25, 0.3) is 5.91 Å². The zero-order chi connectivity index (χ0) is 17.1. The summed E-state index contributed by atoms with van der Waals surface area (Å²) in [6, 6.07) is 7.64. The molecule has 6 nitrogen and oxygen atoms in total. The number of fused-ring (bicyclic) bond motifs is 1. The number of anilines is 1. The maximum absolute atomic E-state index is 12.3. The smallest absolute Gasteiger partial charge is 0.263 e. The van der Waals surface area contributed by atoms with Crippen molar-refractivity contribution in [3.05, 3.63) is 52.8 Å². The Kier molecular flexibility index (Phi) is 4.61. The zero-order valence-electron chi connectivity index (χ0n) is 13.5. The van der Waals surface area contributed by atoms with E-state index >= 15 is 0 Å². The highest BCUT2D eigenvalue weighted by Gasteiger charge is 2.17. The zero-order valence-corrected chi connectivity index (χ0v) is 14.3. The van der Waals surface area contributed by atoms with Crippen molar-refractivity contribution in [3.8, 4) is 0 Å². The van der Waals surface area contributed by atoms with Gasteiger partial charge in [-0.05, 0) is 25.0 Å². The molecule has 124 valence electrons. The molecule has 0 aliphatic rings. The number of aromatic nitrogens is 2. The molecule has 0 fully saturated rings. The topological polar surface area (TPSA) is 75.5 Å². The molecule has 7 heteroatoms. The van der Waals surface area contributed by atoms with Crippen LogP contribution >= 0.6 is 11.3 Å². The van der Waals surface area contributed by atoms with E-state index in [1.807, 2.05) is 48.7 Å². The number of aryl methyl sites for hydroxylation is 2. The molecule has 2 N–H and O–H groups in total. The Morgan fingerprint density at radius 3 is 2.83 bits per heavy atom. The number of carbonyl (C=O) groups excluding carboxylic acids is 2. The number of rotatable bonds is 5. The van der Waals surface area contributed by atoms with Gasteiger partial charge in [-0.25, -0.2) is 4.98 Å². The minimum absolute atomic E-state index is 0.0729. The second-order valence-corrected chi connectivity index (χ2v) is 6.32. The van der Waals surface area contributed by atoms with E-state index in [1.54, 1.807) is 6.20 Å². The van der Waals surface area contributed by atoms with E-state index in [9.17, 15) is 9.59 Å². The Morgan fingerprint density at radius 2 is 2.08 bits per heavy atom. The van der Waals surface area contributed by atoms with Gasteiger partial charge in [-0.3, -0.25) is 14.0 Å². The summed E-state index contributed by atoms with van der Waals surface area (Å²) in [5.74, 6) is -0.509. The molecule has 2 heterocycles. The first-order valence-electron chi connectivity index (χ1n) is 7.68. The second kappa shape index (κ2) is 6.84. The Bertz CT molecular complexity index is 897. The van der Waals surface area contributed by atoms with Crippen molar-refractivity contribution < 1.29 is 9.59 Å². The van der Waals surface area contributed by atoms with Crippen LogP contribution in [0.15, 0.2) is 36.7 Å².